The summed E-state index contributed by atoms with van der Waals surface area (Å²) in [6, 6.07) is 3.41. The van der Waals surface area contributed by atoms with E-state index in [1.165, 1.54) is 0 Å². The molecule has 15 heavy (non-hydrogen) atoms. The number of ether oxygens (including phenoxy) is 2. The van der Waals surface area contributed by atoms with Crippen LogP contribution in [0.25, 0.3) is 0 Å². The molecule has 0 unspecified atom stereocenters. The van der Waals surface area contributed by atoms with Crippen LogP contribution in [0.2, 0.25) is 10.0 Å². The molecule has 1 aromatic rings. The molecule has 1 aromatic carbocycles. The molecule has 82 valence electrons. The van der Waals surface area contributed by atoms with Gasteiger partial charge in [0.25, 0.3) is 0 Å². The summed E-state index contributed by atoms with van der Waals surface area (Å²) in [7, 11) is 0. The third kappa shape index (κ3) is 3.05. The van der Waals surface area contributed by atoms with Gasteiger partial charge in [0.2, 0.25) is 0 Å². The number of hydrogen-bond donors (Lipinski definition) is 0. The van der Waals surface area contributed by atoms with Crippen molar-refractivity contribution in [2.75, 3.05) is 13.2 Å². The Bertz CT molecular complexity index is 351. The highest BCUT2D eigenvalue weighted by atomic mass is 35.5. The fourth-order valence-corrected chi connectivity index (χ4v) is 1.42. The third-order valence-electron chi connectivity index (χ3n) is 1.66. The minimum atomic E-state index is 0.361. The van der Waals surface area contributed by atoms with E-state index in [1.807, 2.05) is 6.92 Å². The molecule has 0 bridgehead atoms. The molecule has 2 nitrogen and oxygen atoms in total. The van der Waals surface area contributed by atoms with Gasteiger partial charge in [0.15, 0.2) is 11.5 Å². The van der Waals surface area contributed by atoms with Crippen molar-refractivity contribution in [1.29, 1.82) is 0 Å². The van der Waals surface area contributed by atoms with Crippen LogP contribution in [0.3, 0.4) is 0 Å². The molecule has 0 saturated carbocycles. The van der Waals surface area contributed by atoms with Gasteiger partial charge in [0.1, 0.15) is 11.6 Å². The van der Waals surface area contributed by atoms with Crippen molar-refractivity contribution in [2.45, 2.75) is 6.92 Å². The molecule has 0 aliphatic heterocycles. The number of rotatable bonds is 5. The quantitative estimate of drug-likeness (QED) is 0.733. The molecular weight excluding hydrogens is 235 g/mol. The van der Waals surface area contributed by atoms with E-state index in [4.69, 9.17) is 32.7 Å². The van der Waals surface area contributed by atoms with Crippen molar-refractivity contribution in [3.8, 4) is 11.5 Å². The summed E-state index contributed by atoms with van der Waals surface area (Å²) in [6.07, 6.45) is 1.63. The predicted molar refractivity (Wildman–Crippen MR) is 63.3 cm³/mol. The Balaban J connectivity index is 3.03. The van der Waals surface area contributed by atoms with Crippen LogP contribution in [-0.2, 0) is 0 Å². The third-order valence-corrected chi connectivity index (χ3v) is 2.45. The van der Waals surface area contributed by atoms with Gasteiger partial charge in [-0.25, -0.2) is 0 Å². The zero-order chi connectivity index (χ0) is 11.3. The lowest BCUT2D eigenvalue weighted by atomic mass is 10.3. The van der Waals surface area contributed by atoms with Gasteiger partial charge in [-0.05, 0) is 19.1 Å². The lowest BCUT2D eigenvalue weighted by molar-refractivity contribution is 0.297. The second-order valence-corrected chi connectivity index (χ2v) is 3.51. The molecule has 4 heteroatoms. The smallest absolute Gasteiger partial charge is 0.181 e. The van der Waals surface area contributed by atoms with Crippen LogP contribution in [0.15, 0.2) is 24.8 Å². The van der Waals surface area contributed by atoms with Crippen LogP contribution in [0.4, 0.5) is 0 Å². The highest BCUT2D eigenvalue weighted by molar-refractivity contribution is 6.43. The van der Waals surface area contributed by atoms with Crippen molar-refractivity contribution >= 4 is 23.2 Å². The van der Waals surface area contributed by atoms with Crippen LogP contribution >= 0.6 is 23.2 Å². The molecule has 0 aromatic heterocycles. The van der Waals surface area contributed by atoms with Crippen LogP contribution in [0.5, 0.6) is 11.5 Å². The fourth-order valence-electron chi connectivity index (χ4n) is 1.06. The summed E-state index contributed by atoms with van der Waals surface area (Å²) >= 11 is 11.9. The normalized spacial score (nSPS) is 9.80. The first-order valence-corrected chi connectivity index (χ1v) is 5.30. The zero-order valence-electron chi connectivity index (χ0n) is 8.43. The van der Waals surface area contributed by atoms with E-state index in [2.05, 4.69) is 6.58 Å². The molecule has 0 N–H and O–H groups in total. The van der Waals surface area contributed by atoms with Crippen molar-refractivity contribution < 1.29 is 9.47 Å². The van der Waals surface area contributed by atoms with E-state index in [0.717, 1.165) is 0 Å². The molecule has 0 aliphatic rings. The average molecular weight is 247 g/mol. The molecular formula is C11H12Cl2O2. The van der Waals surface area contributed by atoms with E-state index >= 15 is 0 Å². The van der Waals surface area contributed by atoms with Crippen molar-refractivity contribution in [3.63, 3.8) is 0 Å². The zero-order valence-corrected chi connectivity index (χ0v) is 9.94. The summed E-state index contributed by atoms with van der Waals surface area (Å²) < 4.78 is 10.8. The van der Waals surface area contributed by atoms with Crippen LogP contribution in [-0.4, -0.2) is 13.2 Å². The fraction of sp³-hybridized carbons (Fsp3) is 0.273. The largest absolute Gasteiger partial charge is 0.490 e. The van der Waals surface area contributed by atoms with Gasteiger partial charge in [-0.15, -0.1) is 0 Å². The van der Waals surface area contributed by atoms with Crippen molar-refractivity contribution in [2.24, 2.45) is 0 Å². The molecule has 0 spiro atoms. The van der Waals surface area contributed by atoms with Gasteiger partial charge in [0.05, 0.1) is 11.6 Å². The maximum absolute atomic E-state index is 6.00. The standard InChI is InChI=1S/C11H12Cl2O2/c1-3-7-15-11-9(14-4-2)6-5-8(12)10(11)13/h3,5-6H,1,4,7H2,2H3. The van der Waals surface area contributed by atoms with E-state index in [0.29, 0.717) is 34.8 Å². The summed E-state index contributed by atoms with van der Waals surface area (Å²) in [6.45, 7) is 6.36. The summed E-state index contributed by atoms with van der Waals surface area (Å²) in [5, 5.41) is 0.809. The van der Waals surface area contributed by atoms with Gasteiger partial charge >= 0.3 is 0 Å². The lowest BCUT2D eigenvalue weighted by Gasteiger charge is -2.12. The van der Waals surface area contributed by atoms with Crippen LogP contribution in [0, 0.1) is 0 Å². The van der Waals surface area contributed by atoms with Crippen LogP contribution in [0.1, 0.15) is 6.92 Å². The van der Waals surface area contributed by atoms with Gasteiger partial charge in [-0.3, -0.25) is 0 Å². The molecule has 0 fully saturated rings. The second-order valence-electron chi connectivity index (χ2n) is 2.72. The van der Waals surface area contributed by atoms with E-state index in [1.54, 1.807) is 18.2 Å². The second kappa shape index (κ2) is 5.89. The Morgan fingerprint density at radius 3 is 2.67 bits per heavy atom. The molecule has 0 saturated heterocycles. The molecule has 0 radical (unpaired) electrons. The molecule has 0 atom stereocenters. The monoisotopic (exact) mass is 246 g/mol. The van der Waals surface area contributed by atoms with E-state index < -0.39 is 0 Å². The van der Waals surface area contributed by atoms with Crippen LogP contribution < -0.4 is 9.47 Å². The van der Waals surface area contributed by atoms with Crippen molar-refractivity contribution in [1.82, 2.24) is 0 Å². The van der Waals surface area contributed by atoms with Gasteiger partial charge in [-0.2, -0.15) is 0 Å². The minimum absolute atomic E-state index is 0.361. The summed E-state index contributed by atoms with van der Waals surface area (Å²) in [5.41, 5.74) is 0. The predicted octanol–water partition coefficient (Wildman–Crippen LogP) is 3.96. The Kier molecular flexibility index (Phi) is 4.79. The Hall–Kier alpha value is -0.860. The maximum Gasteiger partial charge on any atom is 0.181 e. The minimum Gasteiger partial charge on any atom is -0.490 e. The average Bonchev–Trinajstić information content (AvgIpc) is 2.23. The summed E-state index contributed by atoms with van der Waals surface area (Å²) in [5.74, 6) is 1.06. The lowest BCUT2D eigenvalue weighted by Crippen LogP contribution is -1.99. The van der Waals surface area contributed by atoms with Gasteiger partial charge in [-0.1, -0.05) is 35.9 Å². The molecule has 0 amide bonds. The Labute approximate surface area is 99.4 Å². The first-order chi connectivity index (χ1) is 7.20. The highest BCUT2D eigenvalue weighted by Gasteiger charge is 2.12. The SMILES string of the molecule is C=CCOc1c(OCC)ccc(Cl)c1Cl. The topological polar surface area (TPSA) is 18.5 Å². The van der Waals surface area contributed by atoms with Gasteiger partial charge < -0.3 is 9.47 Å². The number of halogens is 2. The number of hydrogen-bond acceptors (Lipinski definition) is 2. The Morgan fingerprint density at radius 1 is 1.33 bits per heavy atom. The molecule has 0 heterocycles. The first kappa shape index (κ1) is 12.2. The van der Waals surface area contributed by atoms with Gasteiger partial charge in [0, 0.05) is 0 Å². The van der Waals surface area contributed by atoms with E-state index in [9.17, 15) is 0 Å². The summed E-state index contributed by atoms with van der Waals surface area (Å²) in [4.78, 5) is 0. The maximum atomic E-state index is 6.00. The highest BCUT2D eigenvalue weighted by Crippen LogP contribution is 2.39. The Morgan fingerprint density at radius 2 is 2.07 bits per heavy atom. The van der Waals surface area contributed by atoms with Crippen molar-refractivity contribution in [3.05, 3.63) is 34.8 Å². The number of benzene rings is 1. The first-order valence-electron chi connectivity index (χ1n) is 4.55. The molecule has 1 rings (SSSR count). The van der Waals surface area contributed by atoms with E-state index in [-0.39, 0.29) is 0 Å². The molecule has 0 aliphatic carbocycles.